The highest BCUT2D eigenvalue weighted by atomic mass is 14.9. The van der Waals surface area contributed by atoms with Crippen molar-refractivity contribution in [3.05, 3.63) is 41.2 Å². The van der Waals surface area contributed by atoms with Crippen LogP contribution in [0, 0.1) is 0 Å². The Kier molecular flexibility index (Phi) is 4.98. The molecule has 0 fully saturated rings. The van der Waals surface area contributed by atoms with Crippen LogP contribution >= 0.6 is 0 Å². The molecular weight excluding hydrogens is 244 g/mol. The van der Waals surface area contributed by atoms with Crippen LogP contribution in [0.4, 0.5) is 0 Å². The van der Waals surface area contributed by atoms with E-state index in [2.05, 4.69) is 56.2 Å². The standard InChI is InChI=1S/C18H28N2/c1-14(8-6-13-20-18(2,3)4)16-11-5-9-15-10-7-12-19-17(15)16/h7-8,10,12,16,20H,5-6,9,11,13H2,1-4H3. The van der Waals surface area contributed by atoms with Gasteiger partial charge in [-0.05, 0) is 71.6 Å². The SMILES string of the molecule is CC(=CCCNC(C)(C)C)C1CCCc2cccnc21. The Morgan fingerprint density at radius 2 is 2.25 bits per heavy atom. The van der Waals surface area contributed by atoms with Crippen molar-refractivity contribution in [3.8, 4) is 0 Å². The number of rotatable bonds is 4. The van der Waals surface area contributed by atoms with Crippen molar-refractivity contribution in [1.29, 1.82) is 0 Å². The zero-order valence-corrected chi connectivity index (χ0v) is 13.4. The highest BCUT2D eigenvalue weighted by Crippen LogP contribution is 2.35. The molecule has 1 aliphatic carbocycles. The average molecular weight is 272 g/mol. The minimum Gasteiger partial charge on any atom is -0.312 e. The summed E-state index contributed by atoms with van der Waals surface area (Å²) in [4.78, 5) is 4.63. The van der Waals surface area contributed by atoms with Gasteiger partial charge in [0.1, 0.15) is 0 Å². The topological polar surface area (TPSA) is 24.9 Å². The molecule has 0 bridgehead atoms. The zero-order chi connectivity index (χ0) is 14.6. The van der Waals surface area contributed by atoms with Crippen molar-refractivity contribution in [2.45, 2.75) is 64.8 Å². The van der Waals surface area contributed by atoms with Gasteiger partial charge in [-0.1, -0.05) is 17.7 Å². The average Bonchev–Trinajstić information content (AvgIpc) is 2.41. The molecule has 0 aliphatic heterocycles. The molecule has 0 radical (unpaired) electrons. The Morgan fingerprint density at radius 3 is 3.00 bits per heavy atom. The predicted molar refractivity (Wildman–Crippen MR) is 86.0 cm³/mol. The Balaban J connectivity index is 1.98. The minimum absolute atomic E-state index is 0.209. The smallest absolute Gasteiger partial charge is 0.0506 e. The van der Waals surface area contributed by atoms with E-state index in [1.807, 2.05) is 6.20 Å². The van der Waals surface area contributed by atoms with Crippen molar-refractivity contribution in [3.63, 3.8) is 0 Å². The van der Waals surface area contributed by atoms with Crippen LogP contribution < -0.4 is 5.32 Å². The Bertz CT molecular complexity index is 469. The minimum atomic E-state index is 0.209. The molecule has 2 heteroatoms. The second-order valence-corrected chi connectivity index (χ2v) is 6.91. The highest BCUT2D eigenvalue weighted by Gasteiger charge is 2.22. The second kappa shape index (κ2) is 6.53. The summed E-state index contributed by atoms with van der Waals surface area (Å²) in [6.45, 7) is 9.95. The molecule has 2 nitrogen and oxygen atoms in total. The number of hydrogen-bond acceptors (Lipinski definition) is 2. The van der Waals surface area contributed by atoms with Gasteiger partial charge in [0, 0.05) is 17.7 Å². The summed E-state index contributed by atoms with van der Waals surface area (Å²) in [7, 11) is 0. The Morgan fingerprint density at radius 1 is 1.45 bits per heavy atom. The highest BCUT2D eigenvalue weighted by molar-refractivity contribution is 5.32. The monoisotopic (exact) mass is 272 g/mol. The van der Waals surface area contributed by atoms with E-state index in [-0.39, 0.29) is 5.54 Å². The zero-order valence-electron chi connectivity index (χ0n) is 13.4. The van der Waals surface area contributed by atoms with Crippen LogP contribution in [0.1, 0.15) is 64.1 Å². The number of pyridine rings is 1. The molecule has 0 saturated heterocycles. The molecule has 0 spiro atoms. The lowest BCUT2D eigenvalue weighted by Crippen LogP contribution is -2.36. The Hall–Kier alpha value is -1.15. The van der Waals surface area contributed by atoms with Gasteiger partial charge in [-0.2, -0.15) is 0 Å². The van der Waals surface area contributed by atoms with E-state index in [4.69, 9.17) is 0 Å². The molecule has 1 unspecified atom stereocenters. The second-order valence-electron chi connectivity index (χ2n) is 6.91. The van der Waals surface area contributed by atoms with Crippen LogP contribution in [-0.2, 0) is 6.42 Å². The van der Waals surface area contributed by atoms with E-state index in [0.29, 0.717) is 5.92 Å². The van der Waals surface area contributed by atoms with Gasteiger partial charge in [0.05, 0.1) is 5.69 Å². The van der Waals surface area contributed by atoms with E-state index in [0.717, 1.165) is 13.0 Å². The summed E-state index contributed by atoms with van der Waals surface area (Å²) < 4.78 is 0. The van der Waals surface area contributed by atoms with E-state index in [1.54, 1.807) is 0 Å². The van der Waals surface area contributed by atoms with Crippen molar-refractivity contribution < 1.29 is 0 Å². The molecular formula is C18H28N2. The summed E-state index contributed by atoms with van der Waals surface area (Å²) in [5.41, 5.74) is 4.46. The third-order valence-electron chi connectivity index (χ3n) is 4.01. The number of aromatic nitrogens is 1. The van der Waals surface area contributed by atoms with Crippen LogP contribution in [0.3, 0.4) is 0 Å². The largest absolute Gasteiger partial charge is 0.312 e. The number of fused-ring (bicyclic) bond motifs is 1. The summed E-state index contributed by atoms with van der Waals surface area (Å²) in [5, 5.41) is 3.54. The van der Waals surface area contributed by atoms with Gasteiger partial charge in [-0.3, -0.25) is 4.98 Å². The van der Waals surface area contributed by atoms with Gasteiger partial charge in [0.2, 0.25) is 0 Å². The predicted octanol–water partition coefficient (Wildman–Crippen LogP) is 4.23. The fourth-order valence-electron chi connectivity index (χ4n) is 2.94. The van der Waals surface area contributed by atoms with Crippen molar-refractivity contribution >= 4 is 0 Å². The third-order valence-corrected chi connectivity index (χ3v) is 4.01. The van der Waals surface area contributed by atoms with E-state index in [1.165, 1.54) is 36.1 Å². The molecule has 1 aromatic rings. The number of hydrogen-bond donors (Lipinski definition) is 1. The lowest BCUT2D eigenvalue weighted by atomic mass is 9.82. The van der Waals surface area contributed by atoms with E-state index in [9.17, 15) is 0 Å². The first-order chi connectivity index (χ1) is 9.47. The fraction of sp³-hybridized carbons (Fsp3) is 0.611. The molecule has 110 valence electrons. The molecule has 1 aliphatic rings. The normalized spacial score (nSPS) is 19.8. The van der Waals surface area contributed by atoms with Gasteiger partial charge in [-0.15, -0.1) is 0 Å². The van der Waals surface area contributed by atoms with Crippen LogP contribution in [0.25, 0.3) is 0 Å². The summed E-state index contributed by atoms with van der Waals surface area (Å²) >= 11 is 0. The Labute approximate surface area is 123 Å². The maximum atomic E-state index is 4.63. The molecule has 0 saturated carbocycles. The van der Waals surface area contributed by atoms with Crippen LogP contribution in [0.15, 0.2) is 30.0 Å². The number of nitrogens with one attached hydrogen (secondary N) is 1. The van der Waals surface area contributed by atoms with Gasteiger partial charge in [0.25, 0.3) is 0 Å². The van der Waals surface area contributed by atoms with Gasteiger partial charge in [0.15, 0.2) is 0 Å². The molecule has 1 heterocycles. The number of nitrogens with zero attached hydrogens (tertiary/aromatic N) is 1. The number of aryl methyl sites for hydroxylation is 1. The molecule has 0 aromatic carbocycles. The van der Waals surface area contributed by atoms with Crippen LogP contribution in [0.2, 0.25) is 0 Å². The van der Waals surface area contributed by atoms with Crippen LogP contribution in [0.5, 0.6) is 0 Å². The summed E-state index contributed by atoms with van der Waals surface area (Å²) in [5.74, 6) is 0.537. The first-order valence-electron chi connectivity index (χ1n) is 7.83. The molecule has 20 heavy (non-hydrogen) atoms. The molecule has 1 aromatic heterocycles. The molecule has 1 atom stereocenters. The first kappa shape index (κ1) is 15.2. The third kappa shape index (κ3) is 4.17. The lowest BCUT2D eigenvalue weighted by Gasteiger charge is -2.25. The van der Waals surface area contributed by atoms with Gasteiger partial charge in [-0.25, -0.2) is 0 Å². The molecule has 0 amide bonds. The first-order valence-corrected chi connectivity index (χ1v) is 7.83. The quantitative estimate of drug-likeness (QED) is 0.655. The lowest BCUT2D eigenvalue weighted by molar-refractivity contribution is 0.431. The number of allylic oxidation sites excluding steroid dienone is 1. The van der Waals surface area contributed by atoms with Crippen LogP contribution in [-0.4, -0.2) is 17.1 Å². The van der Waals surface area contributed by atoms with Gasteiger partial charge >= 0.3 is 0 Å². The summed E-state index contributed by atoms with van der Waals surface area (Å²) in [6.07, 6.45) is 9.16. The molecule has 1 N–H and O–H groups in total. The van der Waals surface area contributed by atoms with E-state index >= 15 is 0 Å². The van der Waals surface area contributed by atoms with Crippen molar-refractivity contribution in [2.24, 2.45) is 0 Å². The van der Waals surface area contributed by atoms with E-state index < -0.39 is 0 Å². The molecule has 2 rings (SSSR count). The van der Waals surface area contributed by atoms with Crippen molar-refractivity contribution in [1.82, 2.24) is 10.3 Å². The maximum Gasteiger partial charge on any atom is 0.0506 e. The maximum absolute atomic E-state index is 4.63. The summed E-state index contributed by atoms with van der Waals surface area (Å²) in [6, 6.07) is 4.30. The van der Waals surface area contributed by atoms with Crippen molar-refractivity contribution in [2.75, 3.05) is 6.54 Å². The fourth-order valence-corrected chi connectivity index (χ4v) is 2.94. The van der Waals surface area contributed by atoms with Gasteiger partial charge < -0.3 is 5.32 Å².